The third-order valence-corrected chi connectivity index (χ3v) is 1.94. The lowest BCUT2D eigenvalue weighted by Gasteiger charge is -2.13. The first kappa shape index (κ1) is 10.1. The molecule has 1 atom stereocenters. The quantitative estimate of drug-likeness (QED) is 0.534. The van der Waals surface area contributed by atoms with Crippen molar-refractivity contribution in [3.8, 4) is 0 Å². The Labute approximate surface area is 60.0 Å². The molecule has 0 fully saturated rings. The molecule has 5 heteroatoms. The van der Waals surface area contributed by atoms with Crippen LogP contribution in [-0.4, -0.2) is 20.7 Å². The molecule has 61 valence electrons. The Morgan fingerprint density at radius 1 is 1.50 bits per heavy atom. The maximum Gasteiger partial charge on any atom is 0.353 e. The molecule has 0 aliphatic rings. The topological polar surface area (TPSA) is 77.8 Å². The van der Waals surface area contributed by atoms with Crippen LogP contribution in [0.1, 0.15) is 20.3 Å². The van der Waals surface area contributed by atoms with Crippen LogP contribution in [0.15, 0.2) is 0 Å². The highest BCUT2D eigenvalue weighted by atomic mass is 31.2. The zero-order valence-corrected chi connectivity index (χ0v) is 6.88. The van der Waals surface area contributed by atoms with E-state index in [4.69, 9.17) is 14.9 Å². The Balaban J connectivity index is 3.86. The van der Waals surface area contributed by atoms with E-state index in [0.29, 0.717) is 0 Å². The van der Waals surface area contributed by atoms with E-state index in [2.05, 4.69) is 0 Å². The highest BCUT2D eigenvalue weighted by Gasteiger charge is 2.26. The SMILES string of the molecule is C[C](C)CC(O)P(=O)(O)O. The molecule has 0 saturated heterocycles. The molecule has 0 aromatic heterocycles. The Kier molecular flexibility index (Phi) is 3.52. The summed E-state index contributed by atoms with van der Waals surface area (Å²) < 4.78 is 10.3. The fourth-order valence-electron chi connectivity index (χ4n) is 0.484. The largest absolute Gasteiger partial charge is 0.380 e. The van der Waals surface area contributed by atoms with Gasteiger partial charge in [0.1, 0.15) is 0 Å². The lowest BCUT2D eigenvalue weighted by molar-refractivity contribution is 0.197. The molecule has 0 saturated carbocycles. The Bertz CT molecular complexity index is 139. The van der Waals surface area contributed by atoms with Crippen molar-refractivity contribution in [2.24, 2.45) is 0 Å². The summed E-state index contributed by atoms with van der Waals surface area (Å²) in [5.41, 5.74) is 0. The normalized spacial score (nSPS) is 15.8. The molecule has 0 aliphatic heterocycles. The van der Waals surface area contributed by atoms with Crippen molar-refractivity contribution in [3.63, 3.8) is 0 Å². The smallest absolute Gasteiger partial charge is 0.353 e. The van der Waals surface area contributed by atoms with Crippen molar-refractivity contribution >= 4 is 7.60 Å². The van der Waals surface area contributed by atoms with Crippen LogP contribution in [0.5, 0.6) is 0 Å². The van der Waals surface area contributed by atoms with Crippen molar-refractivity contribution < 1.29 is 19.5 Å². The zero-order chi connectivity index (χ0) is 8.36. The lowest BCUT2D eigenvalue weighted by atomic mass is 10.1. The van der Waals surface area contributed by atoms with E-state index in [1.54, 1.807) is 13.8 Å². The Morgan fingerprint density at radius 3 is 2.00 bits per heavy atom. The lowest BCUT2D eigenvalue weighted by Crippen LogP contribution is -2.09. The summed E-state index contributed by atoms with van der Waals surface area (Å²) in [4.78, 5) is 16.8. The molecule has 0 aliphatic carbocycles. The molecule has 10 heavy (non-hydrogen) atoms. The summed E-state index contributed by atoms with van der Waals surface area (Å²) in [5.74, 6) is -0.728. The van der Waals surface area contributed by atoms with Crippen LogP contribution in [0.4, 0.5) is 0 Å². The zero-order valence-electron chi connectivity index (χ0n) is 5.98. The van der Waals surface area contributed by atoms with Crippen molar-refractivity contribution in [3.05, 3.63) is 5.92 Å². The van der Waals surface area contributed by atoms with Gasteiger partial charge in [-0.15, -0.1) is 0 Å². The highest BCUT2D eigenvalue weighted by molar-refractivity contribution is 7.52. The van der Waals surface area contributed by atoms with Crippen LogP contribution in [0.25, 0.3) is 0 Å². The monoisotopic (exact) mass is 167 g/mol. The fourth-order valence-corrected chi connectivity index (χ4v) is 1.09. The second-order valence-corrected chi connectivity index (χ2v) is 4.26. The van der Waals surface area contributed by atoms with Gasteiger partial charge in [0.2, 0.25) is 0 Å². The van der Waals surface area contributed by atoms with Gasteiger partial charge in [-0.25, -0.2) is 0 Å². The van der Waals surface area contributed by atoms with E-state index in [0.717, 1.165) is 5.92 Å². The molecule has 0 aromatic rings. The second-order valence-electron chi connectivity index (χ2n) is 2.48. The van der Waals surface area contributed by atoms with Gasteiger partial charge in [-0.05, 0) is 12.3 Å². The summed E-state index contributed by atoms with van der Waals surface area (Å²) in [6.45, 7) is 3.41. The minimum Gasteiger partial charge on any atom is -0.380 e. The molecule has 0 bridgehead atoms. The van der Waals surface area contributed by atoms with Gasteiger partial charge in [-0.1, -0.05) is 13.8 Å². The second kappa shape index (κ2) is 3.49. The first-order valence-electron chi connectivity index (χ1n) is 2.86. The fraction of sp³-hybridized carbons (Fsp3) is 0.800. The van der Waals surface area contributed by atoms with E-state index in [9.17, 15) is 4.57 Å². The molecule has 0 aromatic carbocycles. The average molecular weight is 167 g/mol. The third-order valence-electron chi connectivity index (χ3n) is 0.979. The van der Waals surface area contributed by atoms with E-state index in [-0.39, 0.29) is 6.42 Å². The molecule has 0 spiro atoms. The van der Waals surface area contributed by atoms with Crippen molar-refractivity contribution in [2.45, 2.75) is 26.1 Å². The van der Waals surface area contributed by atoms with Gasteiger partial charge in [-0.2, -0.15) is 0 Å². The van der Waals surface area contributed by atoms with Crippen molar-refractivity contribution in [1.82, 2.24) is 0 Å². The van der Waals surface area contributed by atoms with E-state index < -0.39 is 13.4 Å². The van der Waals surface area contributed by atoms with E-state index >= 15 is 0 Å². The van der Waals surface area contributed by atoms with Gasteiger partial charge in [0.05, 0.1) is 0 Å². The Morgan fingerprint density at radius 2 is 1.90 bits per heavy atom. The van der Waals surface area contributed by atoms with Crippen molar-refractivity contribution in [1.29, 1.82) is 0 Å². The molecule has 4 nitrogen and oxygen atoms in total. The van der Waals surface area contributed by atoms with Gasteiger partial charge in [0.25, 0.3) is 0 Å². The minimum absolute atomic E-state index is 0.0598. The van der Waals surface area contributed by atoms with Crippen LogP contribution in [0.3, 0.4) is 0 Å². The average Bonchev–Trinajstić information content (AvgIpc) is 1.60. The number of aliphatic hydroxyl groups excluding tert-OH is 1. The molecular weight excluding hydrogens is 155 g/mol. The summed E-state index contributed by atoms with van der Waals surface area (Å²) in [6, 6.07) is 0. The van der Waals surface area contributed by atoms with Gasteiger partial charge >= 0.3 is 7.60 Å². The molecule has 0 rings (SSSR count). The van der Waals surface area contributed by atoms with Crippen LogP contribution < -0.4 is 0 Å². The number of aliphatic hydroxyl groups is 1. The first-order valence-corrected chi connectivity index (χ1v) is 4.54. The summed E-state index contributed by atoms with van der Waals surface area (Å²) >= 11 is 0. The Hall–Kier alpha value is 0.110. The van der Waals surface area contributed by atoms with Crippen LogP contribution in [0, 0.1) is 5.92 Å². The molecule has 0 heterocycles. The molecule has 1 unspecified atom stereocenters. The number of hydrogen-bond donors (Lipinski definition) is 3. The molecule has 0 amide bonds. The summed E-state index contributed by atoms with van der Waals surface area (Å²) in [7, 11) is -4.28. The van der Waals surface area contributed by atoms with Gasteiger partial charge in [0.15, 0.2) is 5.85 Å². The van der Waals surface area contributed by atoms with Gasteiger partial charge in [0, 0.05) is 0 Å². The standard InChI is InChI=1S/C5H12O4P/c1-4(2)3-5(6)10(7,8)9/h5-6H,3H2,1-2H3,(H2,7,8,9). The molecule has 1 radical (unpaired) electrons. The summed E-state index contributed by atoms with van der Waals surface area (Å²) in [6.07, 6.45) is 0.0598. The molecule has 3 N–H and O–H groups in total. The van der Waals surface area contributed by atoms with E-state index in [1.807, 2.05) is 0 Å². The van der Waals surface area contributed by atoms with Crippen LogP contribution in [0.2, 0.25) is 0 Å². The van der Waals surface area contributed by atoms with Crippen molar-refractivity contribution in [2.75, 3.05) is 0 Å². The van der Waals surface area contributed by atoms with Gasteiger partial charge in [-0.3, -0.25) is 4.57 Å². The summed E-state index contributed by atoms with van der Waals surface area (Å²) in [5, 5.41) is 8.77. The van der Waals surface area contributed by atoms with Crippen LogP contribution >= 0.6 is 7.60 Å². The predicted molar refractivity (Wildman–Crippen MR) is 37.3 cm³/mol. The maximum atomic E-state index is 10.3. The highest BCUT2D eigenvalue weighted by Crippen LogP contribution is 2.42. The predicted octanol–water partition coefficient (Wildman–Crippen LogP) is 0.487. The number of rotatable bonds is 3. The number of hydrogen-bond acceptors (Lipinski definition) is 2. The maximum absolute atomic E-state index is 10.3. The van der Waals surface area contributed by atoms with Crippen LogP contribution in [-0.2, 0) is 4.57 Å². The first-order chi connectivity index (χ1) is 4.34. The minimum atomic E-state index is -4.28. The van der Waals surface area contributed by atoms with E-state index in [1.165, 1.54) is 0 Å². The molecular formula is C5H12O4P. The third kappa shape index (κ3) is 4.01. The van der Waals surface area contributed by atoms with Gasteiger partial charge < -0.3 is 14.9 Å².